The molecule has 0 unspecified atom stereocenters. The van der Waals surface area contributed by atoms with Gasteiger partial charge in [-0.15, -0.1) is 0 Å². The predicted octanol–water partition coefficient (Wildman–Crippen LogP) is 3.47. The van der Waals surface area contributed by atoms with E-state index in [2.05, 4.69) is 15.4 Å². The lowest BCUT2D eigenvalue weighted by atomic mass is 10.2. The standard InChI is InChI=1S/C18H19ClN2O5/c1-24-15-7-4-11(8-16(15)25-2)10-20-18(23)21-14-9-12(17(22)26-3)5-6-13(14)19/h4-9H,10H2,1-3H3,(H2,20,21,23). The fraction of sp³-hybridized carbons (Fsp3) is 0.222. The number of hydrogen-bond donors (Lipinski definition) is 2. The van der Waals surface area contributed by atoms with E-state index in [1.165, 1.54) is 32.4 Å². The number of carbonyl (C=O) groups excluding carboxylic acids is 2. The van der Waals surface area contributed by atoms with Crippen LogP contribution in [0.1, 0.15) is 15.9 Å². The first kappa shape index (κ1) is 19.4. The molecule has 0 aromatic heterocycles. The maximum absolute atomic E-state index is 12.1. The quantitative estimate of drug-likeness (QED) is 0.752. The van der Waals surface area contributed by atoms with Crippen molar-refractivity contribution in [2.75, 3.05) is 26.6 Å². The van der Waals surface area contributed by atoms with Crippen molar-refractivity contribution < 1.29 is 23.8 Å². The van der Waals surface area contributed by atoms with Crippen LogP contribution >= 0.6 is 11.6 Å². The zero-order valence-electron chi connectivity index (χ0n) is 14.6. The first-order chi connectivity index (χ1) is 12.5. The Morgan fingerprint density at radius 1 is 1.00 bits per heavy atom. The Labute approximate surface area is 156 Å². The van der Waals surface area contributed by atoms with E-state index in [1.807, 2.05) is 6.07 Å². The Morgan fingerprint density at radius 3 is 2.38 bits per heavy atom. The number of rotatable bonds is 6. The third kappa shape index (κ3) is 4.80. The van der Waals surface area contributed by atoms with E-state index in [4.69, 9.17) is 21.1 Å². The van der Waals surface area contributed by atoms with E-state index in [0.717, 1.165) is 5.56 Å². The Bertz CT molecular complexity index is 810. The van der Waals surface area contributed by atoms with Gasteiger partial charge in [0.1, 0.15) is 0 Å². The third-order valence-corrected chi connectivity index (χ3v) is 3.87. The van der Waals surface area contributed by atoms with E-state index in [9.17, 15) is 9.59 Å². The van der Waals surface area contributed by atoms with Crippen LogP contribution in [0.4, 0.5) is 10.5 Å². The van der Waals surface area contributed by atoms with Gasteiger partial charge < -0.3 is 24.8 Å². The van der Waals surface area contributed by atoms with Crippen molar-refractivity contribution in [3.63, 3.8) is 0 Å². The lowest BCUT2D eigenvalue weighted by Gasteiger charge is -2.12. The highest BCUT2D eigenvalue weighted by atomic mass is 35.5. The van der Waals surface area contributed by atoms with Crippen LogP contribution in [-0.4, -0.2) is 33.3 Å². The summed E-state index contributed by atoms with van der Waals surface area (Å²) in [7, 11) is 4.37. The molecule has 0 aliphatic heterocycles. The second kappa shape index (κ2) is 8.96. The minimum atomic E-state index is -0.518. The van der Waals surface area contributed by atoms with E-state index >= 15 is 0 Å². The van der Waals surface area contributed by atoms with Crippen molar-refractivity contribution in [2.24, 2.45) is 0 Å². The number of amides is 2. The number of benzene rings is 2. The highest BCUT2D eigenvalue weighted by Gasteiger charge is 2.11. The minimum absolute atomic E-state index is 0.264. The normalized spacial score (nSPS) is 10.0. The van der Waals surface area contributed by atoms with Crippen LogP contribution in [0.15, 0.2) is 36.4 Å². The van der Waals surface area contributed by atoms with Crippen molar-refractivity contribution in [1.82, 2.24) is 5.32 Å². The fourth-order valence-electron chi connectivity index (χ4n) is 2.21. The second-order valence-corrected chi connectivity index (χ2v) is 5.59. The molecule has 8 heteroatoms. The summed E-state index contributed by atoms with van der Waals surface area (Å²) < 4.78 is 15.0. The molecule has 0 heterocycles. The van der Waals surface area contributed by atoms with Crippen LogP contribution in [0, 0.1) is 0 Å². The number of esters is 1. The van der Waals surface area contributed by atoms with Gasteiger partial charge in [0.25, 0.3) is 0 Å². The van der Waals surface area contributed by atoms with Gasteiger partial charge in [0.05, 0.1) is 37.6 Å². The number of urea groups is 1. The summed E-state index contributed by atoms with van der Waals surface area (Å²) in [6.45, 7) is 0.264. The first-order valence-corrected chi connectivity index (χ1v) is 8.00. The smallest absolute Gasteiger partial charge is 0.337 e. The topological polar surface area (TPSA) is 85.9 Å². The lowest BCUT2D eigenvalue weighted by Crippen LogP contribution is -2.28. The molecule has 0 spiro atoms. The van der Waals surface area contributed by atoms with Crippen LogP contribution in [0.25, 0.3) is 0 Å². The predicted molar refractivity (Wildman–Crippen MR) is 98.2 cm³/mol. The van der Waals surface area contributed by atoms with Gasteiger partial charge in [0.2, 0.25) is 0 Å². The van der Waals surface area contributed by atoms with Gasteiger partial charge in [0.15, 0.2) is 11.5 Å². The summed E-state index contributed by atoms with van der Waals surface area (Å²) >= 11 is 6.05. The van der Waals surface area contributed by atoms with Crippen molar-refractivity contribution in [2.45, 2.75) is 6.54 Å². The molecule has 2 aromatic rings. The minimum Gasteiger partial charge on any atom is -0.493 e. The maximum atomic E-state index is 12.1. The molecule has 2 amide bonds. The molecule has 2 aromatic carbocycles. The molecular weight excluding hydrogens is 360 g/mol. The summed E-state index contributed by atoms with van der Waals surface area (Å²) in [6.07, 6.45) is 0. The van der Waals surface area contributed by atoms with Gasteiger partial charge in [-0.25, -0.2) is 9.59 Å². The Kier molecular flexibility index (Phi) is 6.68. The molecule has 0 saturated carbocycles. The second-order valence-electron chi connectivity index (χ2n) is 5.18. The van der Waals surface area contributed by atoms with E-state index in [0.29, 0.717) is 22.2 Å². The molecular formula is C18H19ClN2O5. The average molecular weight is 379 g/mol. The number of halogens is 1. The number of methoxy groups -OCH3 is 3. The first-order valence-electron chi connectivity index (χ1n) is 7.62. The van der Waals surface area contributed by atoms with Crippen LogP contribution in [-0.2, 0) is 11.3 Å². The Hall–Kier alpha value is -2.93. The van der Waals surface area contributed by atoms with Gasteiger partial charge >= 0.3 is 12.0 Å². The zero-order chi connectivity index (χ0) is 19.1. The highest BCUT2D eigenvalue weighted by molar-refractivity contribution is 6.33. The molecule has 138 valence electrons. The van der Waals surface area contributed by atoms with Crippen molar-refractivity contribution in [3.05, 3.63) is 52.5 Å². The van der Waals surface area contributed by atoms with E-state index < -0.39 is 12.0 Å². The van der Waals surface area contributed by atoms with Crippen LogP contribution in [0.5, 0.6) is 11.5 Å². The van der Waals surface area contributed by atoms with Gasteiger partial charge in [-0.05, 0) is 35.9 Å². The number of anilines is 1. The van der Waals surface area contributed by atoms with E-state index in [-0.39, 0.29) is 12.1 Å². The largest absolute Gasteiger partial charge is 0.493 e. The summed E-state index contributed by atoms with van der Waals surface area (Å²) in [5, 5.41) is 5.61. The summed E-state index contributed by atoms with van der Waals surface area (Å²) in [6, 6.07) is 9.34. The van der Waals surface area contributed by atoms with Crippen LogP contribution < -0.4 is 20.1 Å². The molecule has 7 nitrogen and oxygen atoms in total. The number of nitrogens with one attached hydrogen (secondary N) is 2. The molecule has 0 aliphatic rings. The van der Waals surface area contributed by atoms with Gasteiger partial charge in [-0.3, -0.25) is 0 Å². The fourth-order valence-corrected chi connectivity index (χ4v) is 2.37. The van der Waals surface area contributed by atoms with Gasteiger partial charge in [-0.2, -0.15) is 0 Å². The third-order valence-electron chi connectivity index (χ3n) is 3.54. The van der Waals surface area contributed by atoms with E-state index in [1.54, 1.807) is 19.2 Å². The molecule has 0 radical (unpaired) electrons. The van der Waals surface area contributed by atoms with Crippen LogP contribution in [0.2, 0.25) is 5.02 Å². The SMILES string of the molecule is COC(=O)c1ccc(Cl)c(NC(=O)NCc2ccc(OC)c(OC)c2)c1. The summed E-state index contributed by atoms with van der Waals surface area (Å²) in [5.41, 5.74) is 1.42. The average Bonchev–Trinajstić information content (AvgIpc) is 2.67. The number of ether oxygens (including phenoxy) is 3. The zero-order valence-corrected chi connectivity index (χ0v) is 15.3. The van der Waals surface area contributed by atoms with Crippen molar-refractivity contribution in [1.29, 1.82) is 0 Å². The molecule has 26 heavy (non-hydrogen) atoms. The maximum Gasteiger partial charge on any atom is 0.337 e. The molecule has 0 saturated heterocycles. The molecule has 0 aliphatic carbocycles. The molecule has 2 N–H and O–H groups in total. The Morgan fingerprint density at radius 2 is 1.73 bits per heavy atom. The number of carbonyl (C=O) groups is 2. The van der Waals surface area contributed by atoms with Crippen molar-refractivity contribution >= 4 is 29.3 Å². The molecule has 0 bridgehead atoms. The molecule has 2 rings (SSSR count). The summed E-state index contributed by atoms with van der Waals surface area (Å²) in [4.78, 5) is 23.7. The summed E-state index contributed by atoms with van der Waals surface area (Å²) in [5.74, 6) is 0.656. The van der Waals surface area contributed by atoms with Gasteiger partial charge in [-0.1, -0.05) is 17.7 Å². The van der Waals surface area contributed by atoms with Gasteiger partial charge in [0, 0.05) is 6.54 Å². The van der Waals surface area contributed by atoms with Crippen molar-refractivity contribution in [3.8, 4) is 11.5 Å². The highest BCUT2D eigenvalue weighted by Crippen LogP contribution is 2.27. The molecule has 0 fully saturated rings. The monoisotopic (exact) mass is 378 g/mol. The number of hydrogen-bond acceptors (Lipinski definition) is 5. The lowest BCUT2D eigenvalue weighted by molar-refractivity contribution is 0.0600. The Balaban J connectivity index is 2.02. The van der Waals surface area contributed by atoms with Crippen LogP contribution in [0.3, 0.4) is 0 Å². The molecule has 0 atom stereocenters.